The zero-order valence-electron chi connectivity index (χ0n) is 9.46. The number of rotatable bonds is 2. The Balaban J connectivity index is 2.25. The van der Waals surface area contributed by atoms with E-state index in [0.29, 0.717) is 17.4 Å². The van der Waals surface area contributed by atoms with Crippen molar-refractivity contribution in [2.45, 2.75) is 6.18 Å². The van der Waals surface area contributed by atoms with Crippen molar-refractivity contribution in [1.82, 2.24) is 4.98 Å². The summed E-state index contributed by atoms with van der Waals surface area (Å²) in [4.78, 5) is 14.1. The third kappa shape index (κ3) is 2.93. The number of hydrogen-bond acceptors (Lipinski definition) is 3. The molecular formula is C11H5F5N2OS. The minimum atomic E-state index is -4.76. The quantitative estimate of drug-likeness (QED) is 0.860. The zero-order valence-corrected chi connectivity index (χ0v) is 10.3. The summed E-state index contributed by atoms with van der Waals surface area (Å²) in [6, 6.07) is 2.45. The van der Waals surface area contributed by atoms with Crippen LogP contribution in [-0.4, -0.2) is 10.9 Å². The highest BCUT2D eigenvalue weighted by atomic mass is 32.1. The summed E-state index contributed by atoms with van der Waals surface area (Å²) in [5.74, 6) is -3.44. The van der Waals surface area contributed by atoms with Gasteiger partial charge >= 0.3 is 6.18 Å². The van der Waals surface area contributed by atoms with Crippen LogP contribution in [-0.2, 0) is 6.18 Å². The van der Waals surface area contributed by atoms with Crippen molar-refractivity contribution < 1.29 is 26.7 Å². The lowest BCUT2D eigenvalue weighted by Gasteiger charge is -2.07. The second kappa shape index (κ2) is 5.16. The van der Waals surface area contributed by atoms with E-state index in [0.717, 1.165) is 17.6 Å². The van der Waals surface area contributed by atoms with Crippen molar-refractivity contribution in [3.8, 4) is 0 Å². The predicted octanol–water partition coefficient (Wildman–Crippen LogP) is 3.69. The largest absolute Gasteiger partial charge is 0.434 e. The number of aromatic nitrogens is 1. The number of nitrogens with one attached hydrogen (secondary N) is 1. The summed E-state index contributed by atoms with van der Waals surface area (Å²) in [5.41, 5.74) is -0.596. The van der Waals surface area contributed by atoms with Gasteiger partial charge in [0.15, 0.2) is 17.3 Å². The first-order valence-corrected chi connectivity index (χ1v) is 5.94. The first-order chi connectivity index (χ1) is 9.29. The smallest absolute Gasteiger partial charge is 0.321 e. The number of anilines is 1. The summed E-state index contributed by atoms with van der Waals surface area (Å²) >= 11 is 0.500. The SMILES string of the molecule is O=C(Nc1ccc(F)c(F)c1)c1scnc1C(F)(F)F. The maximum atomic E-state index is 12.9. The highest BCUT2D eigenvalue weighted by Crippen LogP contribution is 2.33. The molecule has 1 N–H and O–H groups in total. The number of hydrogen-bond donors (Lipinski definition) is 1. The van der Waals surface area contributed by atoms with Crippen LogP contribution >= 0.6 is 11.3 Å². The number of nitrogens with zero attached hydrogens (tertiary/aromatic N) is 1. The number of benzene rings is 1. The molecule has 20 heavy (non-hydrogen) atoms. The lowest BCUT2D eigenvalue weighted by atomic mass is 10.2. The Morgan fingerprint density at radius 3 is 2.50 bits per heavy atom. The van der Waals surface area contributed by atoms with Crippen molar-refractivity contribution in [2.24, 2.45) is 0 Å². The lowest BCUT2D eigenvalue weighted by molar-refractivity contribution is -0.141. The van der Waals surface area contributed by atoms with Gasteiger partial charge in [-0.05, 0) is 12.1 Å². The molecule has 1 amide bonds. The molecule has 1 heterocycles. The molecule has 1 aromatic carbocycles. The molecule has 0 bridgehead atoms. The van der Waals surface area contributed by atoms with Gasteiger partial charge in [-0.25, -0.2) is 13.8 Å². The number of amides is 1. The molecule has 3 nitrogen and oxygen atoms in total. The van der Waals surface area contributed by atoms with E-state index in [9.17, 15) is 26.7 Å². The predicted molar refractivity (Wildman–Crippen MR) is 61.4 cm³/mol. The lowest BCUT2D eigenvalue weighted by Crippen LogP contribution is -2.17. The zero-order chi connectivity index (χ0) is 14.9. The summed E-state index contributed by atoms with van der Waals surface area (Å²) < 4.78 is 63.3. The summed E-state index contributed by atoms with van der Waals surface area (Å²) in [5, 5.41) is 2.05. The number of carbonyl (C=O) groups excluding carboxylic acids is 1. The van der Waals surface area contributed by atoms with Crippen LogP contribution in [0.4, 0.5) is 27.6 Å². The molecular weight excluding hydrogens is 303 g/mol. The first kappa shape index (κ1) is 14.4. The Labute approximate surface area is 113 Å². The van der Waals surface area contributed by atoms with Crippen molar-refractivity contribution in [3.05, 3.63) is 45.9 Å². The Bertz CT molecular complexity index is 653. The fourth-order valence-electron chi connectivity index (χ4n) is 1.37. The van der Waals surface area contributed by atoms with Crippen molar-refractivity contribution in [1.29, 1.82) is 0 Å². The van der Waals surface area contributed by atoms with E-state index in [1.165, 1.54) is 0 Å². The summed E-state index contributed by atoms with van der Waals surface area (Å²) in [6.07, 6.45) is -4.76. The molecule has 0 saturated heterocycles. The highest BCUT2D eigenvalue weighted by Gasteiger charge is 2.38. The van der Waals surface area contributed by atoms with Gasteiger partial charge in [0.1, 0.15) is 4.88 Å². The molecule has 0 radical (unpaired) electrons. The Morgan fingerprint density at radius 1 is 1.20 bits per heavy atom. The van der Waals surface area contributed by atoms with E-state index in [1.54, 1.807) is 0 Å². The van der Waals surface area contributed by atoms with E-state index in [1.807, 2.05) is 5.32 Å². The Morgan fingerprint density at radius 2 is 1.90 bits per heavy atom. The topological polar surface area (TPSA) is 42.0 Å². The van der Waals surface area contributed by atoms with Gasteiger partial charge in [0.05, 0.1) is 5.51 Å². The number of carbonyl (C=O) groups is 1. The summed E-state index contributed by atoms with van der Waals surface area (Å²) in [6.45, 7) is 0. The van der Waals surface area contributed by atoms with Crippen LogP contribution in [0.15, 0.2) is 23.7 Å². The molecule has 2 rings (SSSR count). The van der Waals surface area contributed by atoms with Gasteiger partial charge in [-0.15, -0.1) is 11.3 Å². The third-order valence-electron chi connectivity index (χ3n) is 2.22. The van der Waals surface area contributed by atoms with E-state index in [4.69, 9.17) is 0 Å². The second-order valence-electron chi connectivity index (χ2n) is 3.61. The molecule has 0 fully saturated rings. The van der Waals surface area contributed by atoms with E-state index in [2.05, 4.69) is 4.98 Å². The average Bonchev–Trinajstić information content (AvgIpc) is 2.83. The maximum absolute atomic E-state index is 12.9. The molecule has 106 valence electrons. The van der Waals surface area contributed by atoms with Gasteiger partial charge < -0.3 is 5.32 Å². The second-order valence-corrected chi connectivity index (χ2v) is 4.47. The molecule has 9 heteroatoms. The van der Waals surface area contributed by atoms with Gasteiger partial charge in [-0.1, -0.05) is 0 Å². The Kier molecular flexibility index (Phi) is 3.71. The average molecular weight is 308 g/mol. The fraction of sp³-hybridized carbons (Fsp3) is 0.0909. The van der Waals surface area contributed by atoms with Gasteiger partial charge in [0.2, 0.25) is 0 Å². The van der Waals surface area contributed by atoms with Gasteiger partial charge in [-0.3, -0.25) is 4.79 Å². The number of thiazole rings is 1. The number of halogens is 5. The van der Waals surface area contributed by atoms with Gasteiger partial charge in [0, 0.05) is 11.8 Å². The maximum Gasteiger partial charge on any atom is 0.434 e. The monoisotopic (exact) mass is 308 g/mol. The van der Waals surface area contributed by atoms with Crippen molar-refractivity contribution in [2.75, 3.05) is 5.32 Å². The van der Waals surface area contributed by atoms with Gasteiger partial charge in [0.25, 0.3) is 5.91 Å². The summed E-state index contributed by atoms with van der Waals surface area (Å²) in [7, 11) is 0. The van der Waals surface area contributed by atoms with Crippen LogP contribution < -0.4 is 5.32 Å². The standard InChI is InChI=1S/C11H5F5N2OS/c12-6-2-1-5(3-7(6)13)18-10(19)8-9(11(14,15)16)17-4-20-8/h1-4H,(H,18,19). The van der Waals surface area contributed by atoms with Crippen LogP contribution in [0.25, 0.3) is 0 Å². The molecule has 2 aromatic rings. The third-order valence-corrected chi connectivity index (χ3v) is 3.04. The molecule has 0 spiro atoms. The Hall–Kier alpha value is -2.03. The fourth-order valence-corrected chi connectivity index (χ4v) is 2.07. The van der Waals surface area contributed by atoms with Crippen LogP contribution in [0.2, 0.25) is 0 Å². The molecule has 0 aliphatic carbocycles. The van der Waals surface area contributed by atoms with Crippen LogP contribution in [0, 0.1) is 11.6 Å². The van der Waals surface area contributed by atoms with Crippen LogP contribution in [0.1, 0.15) is 15.4 Å². The molecule has 0 saturated carbocycles. The highest BCUT2D eigenvalue weighted by molar-refractivity contribution is 7.12. The minimum absolute atomic E-state index is 0.157. The van der Waals surface area contributed by atoms with E-state index >= 15 is 0 Å². The molecule has 1 aromatic heterocycles. The molecule has 0 aliphatic rings. The molecule has 0 aliphatic heterocycles. The normalized spacial score (nSPS) is 11.4. The van der Waals surface area contributed by atoms with Crippen LogP contribution in [0.3, 0.4) is 0 Å². The van der Waals surface area contributed by atoms with Crippen LogP contribution in [0.5, 0.6) is 0 Å². The molecule has 0 unspecified atom stereocenters. The first-order valence-electron chi connectivity index (χ1n) is 5.06. The van der Waals surface area contributed by atoms with E-state index in [-0.39, 0.29) is 5.69 Å². The van der Waals surface area contributed by atoms with Gasteiger partial charge in [-0.2, -0.15) is 13.2 Å². The van der Waals surface area contributed by atoms with Crippen molar-refractivity contribution >= 4 is 22.9 Å². The van der Waals surface area contributed by atoms with Crippen molar-refractivity contribution in [3.63, 3.8) is 0 Å². The van der Waals surface area contributed by atoms with E-state index < -0.39 is 34.3 Å². The number of alkyl halides is 3. The molecule has 0 atom stereocenters. The minimum Gasteiger partial charge on any atom is -0.321 e.